The molecule has 8 nitrogen and oxygen atoms in total. The van der Waals surface area contributed by atoms with E-state index < -0.39 is 6.29 Å². The molecule has 0 aliphatic carbocycles. The van der Waals surface area contributed by atoms with Gasteiger partial charge < -0.3 is 19.9 Å². The number of hydrogen-bond acceptors (Lipinski definition) is 9. The number of aliphatic hydroxyl groups excluding tert-OH is 1. The zero-order valence-electron chi connectivity index (χ0n) is 20.8. The van der Waals surface area contributed by atoms with Crippen LogP contribution in [0.5, 0.6) is 0 Å². The van der Waals surface area contributed by atoms with Crippen molar-refractivity contribution in [3.05, 3.63) is 106 Å². The highest BCUT2D eigenvalue weighted by molar-refractivity contribution is 8.01. The molecule has 2 N–H and O–H groups in total. The second kappa shape index (κ2) is 12.6. The van der Waals surface area contributed by atoms with E-state index in [1.54, 1.807) is 47.6 Å². The van der Waals surface area contributed by atoms with E-state index in [9.17, 15) is 9.90 Å². The Morgan fingerprint density at radius 3 is 2.50 bits per heavy atom. The molecule has 2 aromatic heterocycles. The summed E-state index contributed by atoms with van der Waals surface area (Å²) in [7, 11) is 0. The predicted molar refractivity (Wildman–Crippen MR) is 146 cm³/mol. The number of carbonyl (C=O) groups excluding carboxylic acids is 1. The lowest BCUT2D eigenvalue weighted by Gasteiger charge is -2.36. The quantitative estimate of drug-likeness (QED) is 0.282. The molecule has 4 aromatic rings. The Hall–Kier alpha value is -3.15. The minimum Gasteiger partial charge on any atom is -0.392 e. The number of aryl methyl sites for hydroxylation is 1. The molecular formula is C28H28N4O4S2. The zero-order chi connectivity index (χ0) is 26.3. The number of nitrogens with one attached hydrogen (secondary N) is 1. The van der Waals surface area contributed by atoms with Gasteiger partial charge >= 0.3 is 0 Å². The second-order valence-corrected chi connectivity index (χ2v) is 11.4. The molecular weight excluding hydrogens is 520 g/mol. The van der Waals surface area contributed by atoms with E-state index in [2.05, 4.69) is 20.5 Å². The van der Waals surface area contributed by atoms with Gasteiger partial charge in [-0.05, 0) is 35.7 Å². The maximum atomic E-state index is 12.3. The molecule has 1 saturated heterocycles. The normalized spacial score (nSPS) is 19.3. The van der Waals surface area contributed by atoms with Crippen LogP contribution in [0.4, 0.5) is 0 Å². The number of benzene rings is 2. The number of hydrogen-bond donors (Lipinski definition) is 2. The topological polar surface area (TPSA) is 106 Å². The van der Waals surface area contributed by atoms with Crippen molar-refractivity contribution in [3.8, 4) is 0 Å². The Morgan fingerprint density at radius 2 is 1.82 bits per heavy atom. The van der Waals surface area contributed by atoms with E-state index in [4.69, 9.17) is 9.47 Å². The largest absolute Gasteiger partial charge is 0.392 e. The van der Waals surface area contributed by atoms with Gasteiger partial charge in [0.2, 0.25) is 0 Å². The summed E-state index contributed by atoms with van der Waals surface area (Å²) in [6.07, 6.45) is 3.15. The number of pyridine rings is 1. The first-order valence-corrected chi connectivity index (χ1v) is 14.1. The van der Waals surface area contributed by atoms with Crippen LogP contribution in [0, 0.1) is 6.92 Å². The molecule has 5 rings (SSSR count). The highest BCUT2D eigenvalue weighted by Gasteiger charge is 2.32. The lowest BCUT2D eigenvalue weighted by atomic mass is 10.0. The molecule has 3 unspecified atom stereocenters. The summed E-state index contributed by atoms with van der Waals surface area (Å²) in [5, 5.41) is 21.6. The predicted octanol–water partition coefficient (Wildman–Crippen LogP) is 5.00. The van der Waals surface area contributed by atoms with Gasteiger partial charge in [-0.1, -0.05) is 71.6 Å². The van der Waals surface area contributed by atoms with E-state index in [1.807, 2.05) is 55.5 Å². The first kappa shape index (κ1) is 26.5. The molecule has 2 aromatic carbocycles. The molecule has 3 heterocycles. The van der Waals surface area contributed by atoms with Gasteiger partial charge in [0.25, 0.3) is 5.91 Å². The Bertz CT molecular complexity index is 1330. The van der Waals surface area contributed by atoms with Crippen LogP contribution in [-0.2, 0) is 22.6 Å². The van der Waals surface area contributed by atoms with Gasteiger partial charge in [-0.3, -0.25) is 9.78 Å². The molecule has 196 valence electrons. The highest BCUT2D eigenvalue weighted by atomic mass is 32.2. The molecule has 1 amide bonds. The molecule has 0 saturated carbocycles. The lowest BCUT2D eigenvalue weighted by molar-refractivity contribution is -0.245. The minimum atomic E-state index is -0.535. The van der Waals surface area contributed by atoms with Gasteiger partial charge in [-0.25, -0.2) is 0 Å². The first-order valence-electron chi connectivity index (χ1n) is 12.3. The van der Waals surface area contributed by atoms with Crippen LogP contribution in [-0.4, -0.2) is 38.1 Å². The van der Waals surface area contributed by atoms with E-state index in [1.165, 1.54) is 0 Å². The van der Waals surface area contributed by atoms with E-state index in [0.717, 1.165) is 37.4 Å². The van der Waals surface area contributed by atoms with Crippen molar-refractivity contribution < 1.29 is 19.4 Å². The van der Waals surface area contributed by atoms with Crippen LogP contribution in [0.2, 0.25) is 0 Å². The van der Waals surface area contributed by atoms with Crippen LogP contribution in [0.3, 0.4) is 0 Å². The second-order valence-electron chi connectivity index (χ2n) is 8.91. The van der Waals surface area contributed by atoms with Gasteiger partial charge in [0.15, 0.2) is 10.6 Å². The third kappa shape index (κ3) is 6.83. The van der Waals surface area contributed by atoms with E-state index in [0.29, 0.717) is 18.5 Å². The summed E-state index contributed by atoms with van der Waals surface area (Å²) in [5.74, 6) is 0.570. The van der Waals surface area contributed by atoms with Crippen LogP contribution in [0.25, 0.3) is 0 Å². The molecule has 1 fully saturated rings. The summed E-state index contributed by atoms with van der Waals surface area (Å²) >= 11 is 3.22. The average Bonchev–Trinajstić information content (AvgIpc) is 3.40. The molecule has 10 heteroatoms. The fraction of sp³-hybridized carbons (Fsp3) is 0.286. The van der Waals surface area contributed by atoms with Gasteiger partial charge in [0.1, 0.15) is 5.01 Å². The molecule has 1 aliphatic heterocycles. The summed E-state index contributed by atoms with van der Waals surface area (Å²) in [6.45, 7) is 2.36. The fourth-order valence-corrected chi connectivity index (χ4v) is 5.96. The molecule has 0 bridgehead atoms. The summed E-state index contributed by atoms with van der Waals surface area (Å²) < 4.78 is 13.7. The van der Waals surface area contributed by atoms with Crippen molar-refractivity contribution in [2.45, 2.75) is 49.3 Å². The number of nitrogens with zero attached hydrogens (tertiary/aromatic N) is 3. The average molecular weight is 549 g/mol. The Kier molecular flexibility index (Phi) is 8.77. The number of carbonyl (C=O) groups is 1. The zero-order valence-corrected chi connectivity index (χ0v) is 22.5. The van der Waals surface area contributed by atoms with Crippen LogP contribution < -0.4 is 5.32 Å². The standard InChI is InChI=1S/C28H28N4O4S2/c1-18-31-32-28(38-18)37-17-24-13-25(21-8-6-20(16-33)7-9-21)36-27(35-24)22-10-4-19(5-11-22)14-30-26(34)23-3-2-12-29-15-23/h2-12,15,24-25,27,33H,13-14,16-17H2,1H3,(H,30,34). The van der Waals surface area contributed by atoms with Crippen LogP contribution in [0.15, 0.2) is 77.4 Å². The maximum Gasteiger partial charge on any atom is 0.253 e. The Labute approximate surface area is 229 Å². The summed E-state index contributed by atoms with van der Waals surface area (Å²) in [6, 6.07) is 19.2. The van der Waals surface area contributed by atoms with Crippen LogP contribution in [0.1, 0.15) is 56.4 Å². The number of ether oxygens (including phenoxy) is 2. The van der Waals surface area contributed by atoms with Crippen LogP contribution >= 0.6 is 23.1 Å². The molecule has 38 heavy (non-hydrogen) atoms. The number of amides is 1. The van der Waals surface area contributed by atoms with Crippen molar-refractivity contribution in [1.82, 2.24) is 20.5 Å². The van der Waals surface area contributed by atoms with Gasteiger partial charge in [0.05, 0.1) is 24.4 Å². The molecule has 1 aliphatic rings. The lowest BCUT2D eigenvalue weighted by Crippen LogP contribution is -2.31. The molecule has 3 atom stereocenters. The third-order valence-electron chi connectivity index (χ3n) is 6.14. The number of aliphatic hydroxyl groups is 1. The van der Waals surface area contributed by atoms with Crippen molar-refractivity contribution >= 4 is 29.0 Å². The number of aromatic nitrogens is 3. The summed E-state index contributed by atoms with van der Waals surface area (Å²) in [5.41, 5.74) is 4.32. The summed E-state index contributed by atoms with van der Waals surface area (Å²) in [4.78, 5) is 16.3. The van der Waals surface area contributed by atoms with Gasteiger partial charge in [0, 0.05) is 36.7 Å². The van der Waals surface area contributed by atoms with Gasteiger partial charge in [-0.2, -0.15) is 0 Å². The van der Waals surface area contributed by atoms with Gasteiger partial charge in [-0.15, -0.1) is 10.2 Å². The Morgan fingerprint density at radius 1 is 1.05 bits per heavy atom. The van der Waals surface area contributed by atoms with E-state index >= 15 is 0 Å². The van der Waals surface area contributed by atoms with Crippen molar-refractivity contribution in [2.75, 3.05) is 5.75 Å². The monoisotopic (exact) mass is 548 g/mol. The fourth-order valence-electron chi connectivity index (χ4n) is 4.10. The van der Waals surface area contributed by atoms with E-state index in [-0.39, 0.29) is 24.7 Å². The smallest absolute Gasteiger partial charge is 0.253 e. The Balaban J connectivity index is 1.27. The highest BCUT2D eigenvalue weighted by Crippen LogP contribution is 2.39. The maximum absolute atomic E-state index is 12.3. The van der Waals surface area contributed by atoms with Crippen molar-refractivity contribution in [2.24, 2.45) is 0 Å². The third-order valence-corrected chi connectivity index (χ3v) is 8.25. The number of thioether (sulfide) groups is 1. The number of rotatable bonds is 9. The molecule has 0 spiro atoms. The molecule has 0 radical (unpaired) electrons. The minimum absolute atomic E-state index is 0.00705. The van der Waals surface area contributed by atoms with Crippen molar-refractivity contribution in [1.29, 1.82) is 0 Å². The first-order chi connectivity index (χ1) is 18.6. The SMILES string of the molecule is Cc1nnc(SCC2CC(c3ccc(CO)cc3)OC(c3ccc(CNC(=O)c4cccnc4)cc3)O2)s1. The van der Waals surface area contributed by atoms with Crippen molar-refractivity contribution in [3.63, 3.8) is 0 Å².